The van der Waals surface area contributed by atoms with Crippen LogP contribution in [-0.2, 0) is 0 Å². The van der Waals surface area contributed by atoms with Gasteiger partial charge in [-0.05, 0) is 58.1 Å². The SMILES string of the molecule is c1ccc(-c2ccc(-c3nc(-c4ccccc4)nc(-n4c5ccccc5c5c6c7ccccc7n(-c7cc(-c8ccccc8)ccc7-c7ccccc7)c6ccc54)n3)cc2)cc1. The maximum absolute atomic E-state index is 5.29. The van der Waals surface area contributed by atoms with Crippen LogP contribution in [0, 0.1) is 0 Å². The molecule has 5 heteroatoms. The Kier molecular flexibility index (Phi) is 8.42. The largest absolute Gasteiger partial charge is 0.309 e. The highest BCUT2D eigenvalue weighted by molar-refractivity contribution is 6.29. The lowest BCUT2D eigenvalue weighted by Gasteiger charge is -2.16. The normalized spacial score (nSPS) is 11.5. The second-order valence-electron chi connectivity index (χ2n) is 15.6. The minimum absolute atomic E-state index is 0.567. The Morgan fingerprint density at radius 1 is 0.274 bits per heavy atom. The van der Waals surface area contributed by atoms with Crippen molar-refractivity contribution < 1.29 is 0 Å². The van der Waals surface area contributed by atoms with E-state index in [0.717, 1.165) is 55.2 Å². The molecule has 3 aromatic heterocycles. The standard InChI is InChI=1S/C57H37N5/c1-5-17-38(18-6-1)40-29-31-43(32-30-40)56-58-55(42-23-11-4-12-24-42)59-57(60-56)62-49-28-16-14-26-47(49)54-51(62)36-35-50-53(54)46-25-13-15-27-48(46)61(50)52-37-44(39-19-7-2-8-20-39)33-34-45(52)41-21-9-3-10-22-41/h1-37H. The van der Waals surface area contributed by atoms with Crippen molar-refractivity contribution in [3.63, 3.8) is 0 Å². The summed E-state index contributed by atoms with van der Waals surface area (Å²) >= 11 is 0. The second-order valence-corrected chi connectivity index (χ2v) is 15.6. The summed E-state index contributed by atoms with van der Waals surface area (Å²) in [5.74, 6) is 1.80. The zero-order chi connectivity index (χ0) is 41.0. The summed E-state index contributed by atoms with van der Waals surface area (Å²) < 4.78 is 4.68. The minimum atomic E-state index is 0.567. The maximum atomic E-state index is 5.29. The van der Waals surface area contributed by atoms with E-state index in [1.807, 2.05) is 24.3 Å². The molecule has 5 nitrogen and oxygen atoms in total. The first kappa shape index (κ1) is 35.5. The molecule has 290 valence electrons. The average Bonchev–Trinajstić information content (AvgIpc) is 3.88. The first-order valence-electron chi connectivity index (χ1n) is 21.0. The molecule has 12 aromatic rings. The Hall–Kier alpha value is -8.41. The van der Waals surface area contributed by atoms with Crippen LogP contribution in [0.2, 0.25) is 0 Å². The van der Waals surface area contributed by atoms with E-state index in [-0.39, 0.29) is 0 Å². The number of aromatic nitrogens is 5. The number of benzene rings is 9. The number of rotatable bonds is 7. The van der Waals surface area contributed by atoms with Crippen LogP contribution in [0.5, 0.6) is 0 Å². The minimum Gasteiger partial charge on any atom is -0.309 e. The van der Waals surface area contributed by atoms with Crippen molar-refractivity contribution in [2.45, 2.75) is 0 Å². The molecule has 0 spiro atoms. The van der Waals surface area contributed by atoms with Crippen LogP contribution in [0.1, 0.15) is 0 Å². The van der Waals surface area contributed by atoms with E-state index in [1.54, 1.807) is 0 Å². The summed E-state index contributed by atoms with van der Waals surface area (Å²) in [5.41, 5.74) is 14.3. The predicted octanol–water partition coefficient (Wildman–Crippen LogP) is 14.4. The number of para-hydroxylation sites is 2. The molecule has 0 saturated heterocycles. The molecule has 0 saturated carbocycles. The van der Waals surface area contributed by atoms with E-state index in [9.17, 15) is 0 Å². The fourth-order valence-corrected chi connectivity index (χ4v) is 9.13. The van der Waals surface area contributed by atoms with Gasteiger partial charge < -0.3 is 4.57 Å². The van der Waals surface area contributed by atoms with E-state index in [0.29, 0.717) is 17.6 Å². The van der Waals surface area contributed by atoms with Crippen molar-refractivity contribution in [3.8, 4) is 67.8 Å². The Morgan fingerprint density at radius 3 is 1.26 bits per heavy atom. The van der Waals surface area contributed by atoms with Gasteiger partial charge in [-0.1, -0.05) is 194 Å². The van der Waals surface area contributed by atoms with Gasteiger partial charge in [0.15, 0.2) is 11.6 Å². The van der Waals surface area contributed by atoms with E-state index < -0.39 is 0 Å². The van der Waals surface area contributed by atoms with Crippen LogP contribution in [-0.4, -0.2) is 24.1 Å². The van der Waals surface area contributed by atoms with Crippen molar-refractivity contribution in [1.29, 1.82) is 0 Å². The molecule has 12 rings (SSSR count). The molecule has 9 aromatic carbocycles. The van der Waals surface area contributed by atoms with E-state index in [2.05, 4.69) is 209 Å². The molecule has 3 heterocycles. The summed E-state index contributed by atoms with van der Waals surface area (Å²) in [6.45, 7) is 0. The van der Waals surface area contributed by atoms with Gasteiger partial charge in [0.1, 0.15) is 0 Å². The molecule has 0 unspecified atom stereocenters. The molecule has 62 heavy (non-hydrogen) atoms. The Balaban J connectivity index is 1.12. The van der Waals surface area contributed by atoms with Crippen molar-refractivity contribution in [3.05, 3.63) is 224 Å². The maximum Gasteiger partial charge on any atom is 0.238 e. The zero-order valence-corrected chi connectivity index (χ0v) is 33.6. The van der Waals surface area contributed by atoms with Crippen LogP contribution in [0.25, 0.3) is 111 Å². The molecule has 0 N–H and O–H groups in total. The molecule has 0 aliphatic heterocycles. The number of hydrogen-bond acceptors (Lipinski definition) is 3. The molecular weight excluding hydrogens is 755 g/mol. The quantitative estimate of drug-likeness (QED) is 0.162. The average molecular weight is 792 g/mol. The lowest BCUT2D eigenvalue weighted by atomic mass is 9.98. The lowest BCUT2D eigenvalue weighted by molar-refractivity contribution is 0.953. The van der Waals surface area contributed by atoms with E-state index in [1.165, 1.54) is 38.6 Å². The van der Waals surface area contributed by atoms with Gasteiger partial charge in [0.2, 0.25) is 5.95 Å². The molecule has 0 aliphatic carbocycles. The van der Waals surface area contributed by atoms with Crippen LogP contribution < -0.4 is 0 Å². The van der Waals surface area contributed by atoms with Gasteiger partial charge in [0, 0.05) is 38.2 Å². The number of hydrogen-bond donors (Lipinski definition) is 0. The summed E-state index contributed by atoms with van der Waals surface area (Å²) in [5, 5.41) is 4.66. The third kappa shape index (κ3) is 5.90. The number of nitrogens with zero attached hydrogens (tertiary/aromatic N) is 5. The highest BCUT2D eigenvalue weighted by Gasteiger charge is 2.24. The first-order chi connectivity index (χ1) is 30.8. The summed E-state index contributed by atoms with van der Waals surface area (Å²) in [6.07, 6.45) is 0. The van der Waals surface area contributed by atoms with Crippen LogP contribution in [0.15, 0.2) is 224 Å². The Labute approximate surface area is 358 Å². The fraction of sp³-hybridized carbons (Fsp3) is 0. The van der Waals surface area contributed by atoms with Crippen molar-refractivity contribution in [2.75, 3.05) is 0 Å². The third-order valence-corrected chi connectivity index (χ3v) is 12.0. The molecule has 0 radical (unpaired) electrons. The van der Waals surface area contributed by atoms with Crippen molar-refractivity contribution >= 4 is 43.6 Å². The highest BCUT2D eigenvalue weighted by atomic mass is 15.2. The fourth-order valence-electron chi connectivity index (χ4n) is 9.13. The van der Waals surface area contributed by atoms with Crippen molar-refractivity contribution in [1.82, 2.24) is 24.1 Å². The van der Waals surface area contributed by atoms with Crippen LogP contribution in [0.3, 0.4) is 0 Å². The third-order valence-electron chi connectivity index (χ3n) is 12.0. The summed E-state index contributed by atoms with van der Waals surface area (Å²) in [4.78, 5) is 15.6. The second kappa shape index (κ2) is 14.7. The lowest BCUT2D eigenvalue weighted by Crippen LogP contribution is -2.06. The van der Waals surface area contributed by atoms with Crippen LogP contribution in [0.4, 0.5) is 0 Å². The summed E-state index contributed by atoms with van der Waals surface area (Å²) in [7, 11) is 0. The summed E-state index contributed by atoms with van der Waals surface area (Å²) in [6, 6.07) is 79.3. The van der Waals surface area contributed by atoms with Gasteiger partial charge >= 0.3 is 0 Å². The van der Waals surface area contributed by atoms with E-state index in [4.69, 9.17) is 15.0 Å². The predicted molar refractivity (Wildman–Crippen MR) is 256 cm³/mol. The van der Waals surface area contributed by atoms with Crippen molar-refractivity contribution in [2.24, 2.45) is 0 Å². The Morgan fingerprint density at radius 2 is 0.677 bits per heavy atom. The molecule has 0 atom stereocenters. The molecule has 0 aliphatic rings. The first-order valence-corrected chi connectivity index (χ1v) is 21.0. The van der Waals surface area contributed by atoms with Crippen LogP contribution >= 0.6 is 0 Å². The highest BCUT2D eigenvalue weighted by Crippen LogP contribution is 2.44. The molecule has 0 fully saturated rings. The van der Waals surface area contributed by atoms with Gasteiger partial charge in [-0.15, -0.1) is 0 Å². The van der Waals surface area contributed by atoms with Gasteiger partial charge in [-0.2, -0.15) is 9.97 Å². The Bertz CT molecular complexity index is 3590. The van der Waals surface area contributed by atoms with Gasteiger partial charge in [0.25, 0.3) is 0 Å². The number of fused-ring (bicyclic) bond motifs is 7. The van der Waals surface area contributed by atoms with Gasteiger partial charge in [0.05, 0.1) is 27.8 Å². The zero-order valence-electron chi connectivity index (χ0n) is 33.6. The molecule has 0 bridgehead atoms. The van der Waals surface area contributed by atoms with Gasteiger partial charge in [-0.25, -0.2) is 4.98 Å². The molecular formula is C57H37N5. The molecule has 0 amide bonds. The topological polar surface area (TPSA) is 48.5 Å². The van der Waals surface area contributed by atoms with Gasteiger partial charge in [-0.3, -0.25) is 4.57 Å². The monoisotopic (exact) mass is 791 g/mol. The smallest absolute Gasteiger partial charge is 0.238 e. The van der Waals surface area contributed by atoms with E-state index >= 15 is 0 Å².